The molecule has 0 saturated carbocycles. The van der Waals surface area contributed by atoms with Crippen molar-refractivity contribution < 1.29 is 31.1 Å². The van der Waals surface area contributed by atoms with Crippen molar-refractivity contribution in [2.24, 2.45) is 13.0 Å². The highest BCUT2D eigenvalue weighted by Gasteiger charge is 2.27. The van der Waals surface area contributed by atoms with Crippen molar-refractivity contribution >= 4 is 34.9 Å². The van der Waals surface area contributed by atoms with E-state index in [1.165, 1.54) is 23.9 Å². The van der Waals surface area contributed by atoms with E-state index in [0.717, 1.165) is 0 Å². The number of anilines is 1. The highest BCUT2D eigenvalue weighted by atomic mass is 32.2. The monoisotopic (exact) mass is 436 g/mol. The Hall–Kier alpha value is -1.98. The van der Waals surface area contributed by atoms with Gasteiger partial charge in [-0.15, -0.1) is 0 Å². The lowest BCUT2D eigenvalue weighted by molar-refractivity contribution is 0.101. The zero-order valence-corrected chi connectivity index (χ0v) is 16.7. The van der Waals surface area contributed by atoms with Crippen LogP contribution in [0.25, 0.3) is 0 Å². The van der Waals surface area contributed by atoms with Gasteiger partial charge in [-0.3, -0.25) is 4.79 Å². The van der Waals surface area contributed by atoms with Crippen LogP contribution in [0.1, 0.15) is 16.9 Å². The molecule has 2 aromatic rings. The summed E-state index contributed by atoms with van der Waals surface area (Å²) >= 11 is 0. The van der Waals surface area contributed by atoms with Gasteiger partial charge in [-0.2, -0.15) is 13.5 Å². The van der Waals surface area contributed by atoms with Gasteiger partial charge >= 0.3 is 0 Å². The van der Waals surface area contributed by atoms with Crippen molar-refractivity contribution in [3.05, 3.63) is 47.5 Å². The molecule has 1 saturated heterocycles. The number of halogens is 3. The summed E-state index contributed by atoms with van der Waals surface area (Å²) in [6.07, 6.45) is 1.95. The Morgan fingerprint density at radius 2 is 1.89 bits per heavy atom. The number of ether oxygens (including phenoxy) is 1. The number of hydrogen-bond acceptors (Lipinski definition) is 4. The minimum absolute atomic E-state index is 0. The normalized spacial score (nSPS) is 16.6. The van der Waals surface area contributed by atoms with Gasteiger partial charge in [0.15, 0.2) is 27.3 Å². The zero-order valence-electron chi connectivity index (χ0n) is 14.8. The maximum Gasteiger partial charge on any atom is 0.272 e. The predicted octanol–water partition coefficient (Wildman–Crippen LogP) is 2.62. The van der Waals surface area contributed by atoms with Gasteiger partial charge in [0.05, 0.1) is 17.3 Å². The number of aromatic nitrogens is 1. The fourth-order valence-electron chi connectivity index (χ4n) is 2.87. The fraction of sp³-hybridized carbons (Fsp3) is 0.353. The highest BCUT2D eigenvalue weighted by molar-refractivity contribution is 7.91. The van der Waals surface area contributed by atoms with Crippen LogP contribution in [0.5, 0.6) is 0 Å². The first-order valence-corrected chi connectivity index (χ1v) is 9.75. The third kappa shape index (κ3) is 4.70. The summed E-state index contributed by atoms with van der Waals surface area (Å²) in [5, 5.41) is 2.22. The molecule has 1 aliphatic heterocycles. The molecule has 1 fully saturated rings. The molecule has 3 rings (SSSR count). The summed E-state index contributed by atoms with van der Waals surface area (Å²) < 4.78 is 71.0. The van der Waals surface area contributed by atoms with Gasteiger partial charge in [0, 0.05) is 37.7 Å². The van der Waals surface area contributed by atoms with E-state index in [-0.39, 0.29) is 41.4 Å². The van der Waals surface area contributed by atoms with E-state index in [1.54, 1.807) is 0 Å². The second kappa shape index (κ2) is 8.58. The van der Waals surface area contributed by atoms with E-state index in [9.17, 15) is 26.4 Å². The molecule has 28 heavy (non-hydrogen) atoms. The van der Waals surface area contributed by atoms with E-state index in [4.69, 9.17) is 4.74 Å². The minimum Gasteiger partial charge on any atom is -0.381 e. The van der Waals surface area contributed by atoms with Gasteiger partial charge in [0.2, 0.25) is 0 Å². The first-order valence-electron chi connectivity index (χ1n) is 8.10. The third-order valence-electron chi connectivity index (χ3n) is 4.29. The van der Waals surface area contributed by atoms with E-state index >= 15 is 0 Å². The van der Waals surface area contributed by atoms with Crippen LogP contribution in [0.15, 0.2) is 29.3 Å². The number of sulfone groups is 1. The van der Waals surface area contributed by atoms with Crippen LogP contribution in [-0.2, 0) is 21.6 Å². The number of carbonyl (C=O) groups excluding carboxylic acids is 1. The third-order valence-corrected chi connectivity index (χ3v) is 6.14. The molecule has 0 unspecified atom stereocenters. The Labute approximate surface area is 167 Å². The largest absolute Gasteiger partial charge is 0.381 e. The standard InChI is InChI=1S/C17H17F3N2O4S.H2S/c1-22-7-12(27(24,25)9-10-2-3-26-8-10)6-15(22)17(23)21-11-4-13(18)16(20)14(19)5-11;/h4-7,10H,2-3,8-9H2,1H3,(H,21,23);1H2/t10-;/m0./s1. The van der Waals surface area contributed by atoms with Crippen LogP contribution in [0.3, 0.4) is 0 Å². The zero-order chi connectivity index (χ0) is 19.8. The number of nitrogens with zero attached hydrogens (tertiary/aromatic N) is 1. The smallest absolute Gasteiger partial charge is 0.272 e. The fourth-order valence-corrected chi connectivity index (χ4v) is 4.56. The minimum atomic E-state index is -3.62. The van der Waals surface area contributed by atoms with E-state index in [0.29, 0.717) is 31.8 Å². The highest BCUT2D eigenvalue weighted by Crippen LogP contribution is 2.23. The number of amides is 1. The van der Waals surface area contributed by atoms with E-state index in [2.05, 4.69) is 5.32 Å². The Morgan fingerprint density at radius 3 is 2.46 bits per heavy atom. The van der Waals surface area contributed by atoms with Crippen LogP contribution in [-0.4, -0.2) is 37.9 Å². The molecule has 1 atom stereocenters. The second-order valence-corrected chi connectivity index (χ2v) is 8.43. The summed E-state index contributed by atoms with van der Waals surface area (Å²) in [4.78, 5) is 12.3. The van der Waals surface area contributed by atoms with E-state index in [1.807, 2.05) is 0 Å². The number of benzene rings is 1. The average Bonchev–Trinajstić information content (AvgIpc) is 3.21. The van der Waals surface area contributed by atoms with Gasteiger partial charge < -0.3 is 14.6 Å². The number of carbonyl (C=O) groups is 1. The second-order valence-electron chi connectivity index (χ2n) is 6.39. The molecule has 6 nitrogen and oxygen atoms in total. The maximum absolute atomic E-state index is 13.3. The summed E-state index contributed by atoms with van der Waals surface area (Å²) in [6.45, 7) is 0.897. The van der Waals surface area contributed by atoms with Crippen LogP contribution < -0.4 is 5.32 Å². The molecule has 1 aromatic carbocycles. The van der Waals surface area contributed by atoms with Crippen LogP contribution >= 0.6 is 13.5 Å². The van der Waals surface area contributed by atoms with Crippen molar-refractivity contribution in [3.63, 3.8) is 0 Å². The molecule has 0 bridgehead atoms. The lowest BCUT2D eigenvalue weighted by Crippen LogP contribution is -2.16. The Bertz CT molecular complexity index is 963. The van der Waals surface area contributed by atoms with Gasteiger partial charge in [0.1, 0.15) is 5.69 Å². The molecular weight excluding hydrogens is 417 g/mol. The lowest BCUT2D eigenvalue weighted by Gasteiger charge is -2.07. The van der Waals surface area contributed by atoms with E-state index < -0.39 is 33.2 Å². The maximum atomic E-state index is 13.3. The number of rotatable bonds is 5. The Balaban J connectivity index is 0.00000280. The summed E-state index contributed by atoms with van der Waals surface area (Å²) in [5.74, 6) is -5.51. The molecular formula is C17H19F3N2O4S2. The molecule has 1 aliphatic rings. The van der Waals surface area contributed by atoms with Crippen molar-refractivity contribution in [1.29, 1.82) is 0 Å². The number of aryl methyl sites for hydroxylation is 1. The number of nitrogens with one attached hydrogen (secondary N) is 1. The van der Waals surface area contributed by atoms with Crippen molar-refractivity contribution in [2.45, 2.75) is 11.3 Å². The molecule has 0 radical (unpaired) electrons. The van der Waals surface area contributed by atoms with Gasteiger partial charge in [-0.1, -0.05) is 0 Å². The van der Waals surface area contributed by atoms with Crippen LogP contribution in [0.4, 0.5) is 18.9 Å². The van der Waals surface area contributed by atoms with Gasteiger partial charge in [-0.05, 0) is 18.4 Å². The van der Waals surface area contributed by atoms with Crippen molar-refractivity contribution in [2.75, 3.05) is 24.3 Å². The summed E-state index contributed by atoms with van der Waals surface area (Å²) in [7, 11) is -2.15. The SMILES string of the molecule is Cn1cc(S(=O)(=O)C[C@H]2CCOC2)cc1C(=O)Nc1cc(F)c(F)c(F)c1.S. The van der Waals surface area contributed by atoms with Crippen molar-refractivity contribution in [3.8, 4) is 0 Å². The quantitative estimate of drug-likeness (QED) is 0.731. The molecule has 11 heteroatoms. The average molecular weight is 436 g/mol. The molecule has 154 valence electrons. The molecule has 1 amide bonds. The Kier molecular flexibility index (Phi) is 6.84. The van der Waals surface area contributed by atoms with Crippen molar-refractivity contribution in [1.82, 2.24) is 4.57 Å². The molecule has 1 aromatic heterocycles. The van der Waals surface area contributed by atoms with Gasteiger partial charge in [0.25, 0.3) is 5.91 Å². The topological polar surface area (TPSA) is 77.4 Å². The van der Waals surface area contributed by atoms with Crippen LogP contribution in [0, 0.1) is 23.4 Å². The van der Waals surface area contributed by atoms with Gasteiger partial charge in [-0.25, -0.2) is 21.6 Å². The number of hydrogen-bond donors (Lipinski definition) is 1. The lowest BCUT2D eigenvalue weighted by atomic mass is 10.2. The Morgan fingerprint density at radius 1 is 1.25 bits per heavy atom. The molecule has 0 spiro atoms. The molecule has 1 N–H and O–H groups in total. The van der Waals surface area contributed by atoms with Crippen LogP contribution in [0.2, 0.25) is 0 Å². The first kappa shape index (κ1) is 22.3. The summed E-state index contributed by atoms with van der Waals surface area (Å²) in [5.41, 5.74) is -0.313. The predicted molar refractivity (Wildman–Crippen MR) is 101 cm³/mol. The molecule has 2 heterocycles. The summed E-state index contributed by atoms with van der Waals surface area (Å²) in [6, 6.07) is 2.46. The first-order chi connectivity index (χ1) is 12.7. The molecule has 0 aliphatic carbocycles.